The Kier molecular flexibility index (Phi) is 4.71. The van der Waals surface area contributed by atoms with Crippen molar-refractivity contribution in [3.05, 3.63) is 24.5 Å². The van der Waals surface area contributed by atoms with Gasteiger partial charge in [0, 0.05) is 37.5 Å². The minimum absolute atomic E-state index is 0.119. The molecule has 7 nitrogen and oxygen atoms in total. The van der Waals surface area contributed by atoms with Gasteiger partial charge in [-0.2, -0.15) is 0 Å². The maximum atomic E-state index is 12.4. The Hall–Kier alpha value is -1.48. The van der Waals surface area contributed by atoms with Gasteiger partial charge in [-0.3, -0.25) is 0 Å². The molecule has 0 aliphatic carbocycles. The van der Waals surface area contributed by atoms with Crippen molar-refractivity contribution in [1.29, 1.82) is 0 Å². The largest absolute Gasteiger partial charge is 0.396 e. The Labute approximate surface area is 117 Å². The molecule has 0 amide bonds. The Balaban J connectivity index is 2.29. The molecule has 0 aliphatic heterocycles. The number of aliphatic hydroxyl groups is 1. The van der Waals surface area contributed by atoms with E-state index in [0.29, 0.717) is 11.0 Å². The molecule has 0 spiro atoms. The van der Waals surface area contributed by atoms with Gasteiger partial charge in [0.1, 0.15) is 10.5 Å². The maximum absolute atomic E-state index is 12.4. The van der Waals surface area contributed by atoms with Crippen LogP contribution >= 0.6 is 0 Å². The Morgan fingerprint density at radius 1 is 1.55 bits per heavy atom. The van der Waals surface area contributed by atoms with E-state index in [1.165, 1.54) is 13.3 Å². The van der Waals surface area contributed by atoms with E-state index >= 15 is 0 Å². The molecule has 2 heterocycles. The first-order valence-corrected chi connectivity index (χ1v) is 7.61. The van der Waals surface area contributed by atoms with Crippen molar-refractivity contribution < 1.29 is 18.3 Å². The molecule has 0 aromatic carbocycles. The zero-order valence-electron chi connectivity index (χ0n) is 11.0. The number of methoxy groups -OCH3 is 1. The number of sulfonamides is 1. The average Bonchev–Trinajstić information content (AvgIpc) is 2.83. The SMILES string of the molecule is COCC(CCO)NS(=O)(=O)c1c[nH]c2ncccc12. The van der Waals surface area contributed by atoms with Gasteiger partial charge in [-0.15, -0.1) is 0 Å². The summed E-state index contributed by atoms with van der Waals surface area (Å²) >= 11 is 0. The molecule has 8 heteroatoms. The summed E-state index contributed by atoms with van der Waals surface area (Å²) in [5.41, 5.74) is 0.512. The Morgan fingerprint density at radius 2 is 2.35 bits per heavy atom. The number of hydrogen-bond acceptors (Lipinski definition) is 5. The number of hydrogen-bond donors (Lipinski definition) is 3. The lowest BCUT2D eigenvalue weighted by Gasteiger charge is -2.16. The zero-order chi connectivity index (χ0) is 14.6. The van der Waals surface area contributed by atoms with Crippen molar-refractivity contribution in [1.82, 2.24) is 14.7 Å². The molecule has 20 heavy (non-hydrogen) atoms. The molecule has 0 fully saturated rings. The first-order valence-electron chi connectivity index (χ1n) is 6.12. The van der Waals surface area contributed by atoms with E-state index in [1.807, 2.05) is 0 Å². The predicted octanol–water partition coefficient (Wildman–Crippen LogP) is 0.239. The number of H-pyrrole nitrogens is 1. The summed E-state index contributed by atoms with van der Waals surface area (Å²) in [5.74, 6) is 0. The summed E-state index contributed by atoms with van der Waals surface area (Å²) in [4.78, 5) is 7.01. The van der Waals surface area contributed by atoms with Gasteiger partial charge in [0.05, 0.1) is 6.61 Å². The van der Waals surface area contributed by atoms with Gasteiger partial charge in [-0.1, -0.05) is 0 Å². The van der Waals surface area contributed by atoms with Crippen LogP contribution in [0.4, 0.5) is 0 Å². The summed E-state index contributed by atoms with van der Waals surface area (Å²) in [6, 6.07) is 2.89. The van der Waals surface area contributed by atoms with Crippen molar-refractivity contribution in [2.75, 3.05) is 20.3 Å². The van der Waals surface area contributed by atoms with Crippen LogP contribution in [0.1, 0.15) is 6.42 Å². The van der Waals surface area contributed by atoms with Crippen molar-refractivity contribution in [3.63, 3.8) is 0 Å². The number of aromatic amines is 1. The third-order valence-corrected chi connectivity index (χ3v) is 4.43. The lowest BCUT2D eigenvalue weighted by atomic mass is 10.2. The molecule has 0 radical (unpaired) electrons. The highest BCUT2D eigenvalue weighted by Crippen LogP contribution is 2.20. The smallest absolute Gasteiger partial charge is 0.243 e. The second-order valence-corrected chi connectivity index (χ2v) is 6.02. The standard InChI is InChI=1S/C12H17N3O4S/c1-19-8-9(4-6-16)15-20(17,18)11-7-14-12-10(11)3-2-5-13-12/h2-3,5,7,9,15-16H,4,6,8H2,1H3,(H,13,14). The van der Waals surface area contributed by atoms with E-state index in [4.69, 9.17) is 9.84 Å². The molecular formula is C12H17N3O4S. The topological polar surface area (TPSA) is 104 Å². The number of nitrogens with zero attached hydrogens (tertiary/aromatic N) is 1. The highest BCUT2D eigenvalue weighted by molar-refractivity contribution is 7.89. The van der Waals surface area contributed by atoms with E-state index in [2.05, 4.69) is 14.7 Å². The molecular weight excluding hydrogens is 282 g/mol. The maximum Gasteiger partial charge on any atom is 0.243 e. The number of pyridine rings is 1. The fourth-order valence-electron chi connectivity index (χ4n) is 1.97. The van der Waals surface area contributed by atoms with Crippen LogP contribution in [0.3, 0.4) is 0 Å². The number of ether oxygens (including phenoxy) is 1. The third-order valence-electron chi connectivity index (χ3n) is 2.87. The minimum Gasteiger partial charge on any atom is -0.396 e. The average molecular weight is 299 g/mol. The van der Waals surface area contributed by atoms with Crippen LogP contribution in [0.25, 0.3) is 11.0 Å². The summed E-state index contributed by atoms with van der Waals surface area (Å²) < 4.78 is 32.2. The van der Waals surface area contributed by atoms with Crippen molar-refractivity contribution in [2.45, 2.75) is 17.4 Å². The quantitative estimate of drug-likeness (QED) is 0.679. The number of nitrogens with one attached hydrogen (secondary N) is 2. The molecule has 1 atom stereocenters. The number of aromatic nitrogens is 2. The molecule has 1 unspecified atom stereocenters. The van der Waals surface area contributed by atoms with Gasteiger partial charge < -0.3 is 14.8 Å². The van der Waals surface area contributed by atoms with Crippen molar-refractivity contribution in [2.24, 2.45) is 0 Å². The minimum atomic E-state index is -3.70. The normalized spacial score (nSPS) is 13.7. The van der Waals surface area contributed by atoms with E-state index < -0.39 is 16.1 Å². The summed E-state index contributed by atoms with van der Waals surface area (Å²) in [6.45, 7) is 0.0758. The van der Waals surface area contributed by atoms with Gasteiger partial charge in [-0.25, -0.2) is 18.1 Å². The number of rotatable bonds is 7. The monoisotopic (exact) mass is 299 g/mol. The molecule has 2 aromatic heterocycles. The third kappa shape index (κ3) is 3.15. The van der Waals surface area contributed by atoms with Gasteiger partial charge in [0.2, 0.25) is 10.0 Å². The van der Waals surface area contributed by atoms with Crippen molar-refractivity contribution >= 4 is 21.1 Å². The number of fused-ring (bicyclic) bond motifs is 1. The molecule has 2 rings (SSSR count). The van der Waals surface area contributed by atoms with Crippen LogP contribution in [-0.4, -0.2) is 49.9 Å². The van der Waals surface area contributed by atoms with Gasteiger partial charge in [0.15, 0.2) is 0 Å². The van der Waals surface area contributed by atoms with Crippen LogP contribution in [0.5, 0.6) is 0 Å². The molecule has 0 saturated heterocycles. The molecule has 0 saturated carbocycles. The molecule has 0 aliphatic rings. The summed E-state index contributed by atoms with van der Waals surface area (Å²) in [6.07, 6.45) is 3.28. The van der Waals surface area contributed by atoms with Crippen LogP contribution in [0.15, 0.2) is 29.4 Å². The second-order valence-electron chi connectivity index (χ2n) is 4.34. The summed E-state index contributed by atoms with van der Waals surface area (Å²) in [5, 5.41) is 9.48. The van der Waals surface area contributed by atoms with Crippen LogP contribution in [0, 0.1) is 0 Å². The van der Waals surface area contributed by atoms with Gasteiger partial charge in [0.25, 0.3) is 0 Å². The first kappa shape index (κ1) is 14.9. The Bertz CT molecular complexity index is 662. The van der Waals surface area contributed by atoms with Crippen molar-refractivity contribution in [3.8, 4) is 0 Å². The Morgan fingerprint density at radius 3 is 3.05 bits per heavy atom. The fourth-order valence-corrected chi connectivity index (χ4v) is 3.39. The number of aliphatic hydroxyl groups excluding tert-OH is 1. The van der Waals surface area contributed by atoms with Gasteiger partial charge in [-0.05, 0) is 18.6 Å². The molecule has 110 valence electrons. The van der Waals surface area contributed by atoms with E-state index in [9.17, 15) is 8.42 Å². The first-order chi connectivity index (χ1) is 9.58. The van der Waals surface area contributed by atoms with E-state index in [1.54, 1.807) is 18.3 Å². The van der Waals surface area contributed by atoms with E-state index in [-0.39, 0.29) is 24.5 Å². The lowest BCUT2D eigenvalue weighted by molar-refractivity contribution is 0.158. The fraction of sp³-hybridized carbons (Fsp3) is 0.417. The van der Waals surface area contributed by atoms with Crippen LogP contribution in [0.2, 0.25) is 0 Å². The molecule has 3 N–H and O–H groups in total. The van der Waals surface area contributed by atoms with E-state index in [0.717, 1.165) is 0 Å². The summed E-state index contributed by atoms with van der Waals surface area (Å²) in [7, 11) is -2.22. The highest BCUT2D eigenvalue weighted by atomic mass is 32.2. The lowest BCUT2D eigenvalue weighted by Crippen LogP contribution is -2.38. The van der Waals surface area contributed by atoms with Crippen LogP contribution in [-0.2, 0) is 14.8 Å². The molecule has 0 bridgehead atoms. The second kappa shape index (κ2) is 6.31. The van der Waals surface area contributed by atoms with Gasteiger partial charge >= 0.3 is 0 Å². The highest BCUT2D eigenvalue weighted by Gasteiger charge is 2.23. The van der Waals surface area contributed by atoms with Crippen LogP contribution < -0.4 is 4.72 Å². The zero-order valence-corrected chi connectivity index (χ0v) is 11.9. The molecule has 2 aromatic rings. The predicted molar refractivity (Wildman–Crippen MR) is 73.8 cm³/mol.